The molecule has 2 aromatic rings. The van der Waals surface area contributed by atoms with Crippen molar-refractivity contribution in [2.45, 2.75) is 18.8 Å². The van der Waals surface area contributed by atoms with Crippen molar-refractivity contribution in [3.8, 4) is 6.07 Å². The first kappa shape index (κ1) is 12.3. The van der Waals surface area contributed by atoms with Crippen molar-refractivity contribution in [3.05, 3.63) is 41.2 Å². The SMILES string of the molecule is N#Cc1cc(NC(=O)c2n[nH]c(C3CC3)n2)ccc1F. The number of nitrogens with one attached hydrogen (secondary N) is 2. The van der Waals surface area contributed by atoms with E-state index in [4.69, 9.17) is 5.26 Å². The van der Waals surface area contributed by atoms with Crippen molar-refractivity contribution in [3.63, 3.8) is 0 Å². The van der Waals surface area contributed by atoms with Crippen molar-refractivity contribution >= 4 is 11.6 Å². The molecule has 0 aliphatic heterocycles. The minimum atomic E-state index is -0.626. The quantitative estimate of drug-likeness (QED) is 0.891. The van der Waals surface area contributed by atoms with Gasteiger partial charge < -0.3 is 5.32 Å². The number of aromatic amines is 1. The number of amides is 1. The van der Waals surface area contributed by atoms with Gasteiger partial charge in [-0.15, -0.1) is 5.10 Å². The standard InChI is InChI=1S/C13H10FN5O/c14-10-4-3-9(5-8(10)6-15)16-13(20)12-17-11(18-19-12)7-1-2-7/h3-5,7H,1-2H2,(H,16,20)(H,17,18,19). The molecule has 100 valence electrons. The first-order valence-electron chi connectivity index (χ1n) is 6.10. The molecule has 20 heavy (non-hydrogen) atoms. The van der Waals surface area contributed by atoms with Crippen LogP contribution in [0.15, 0.2) is 18.2 Å². The molecule has 3 rings (SSSR count). The summed E-state index contributed by atoms with van der Waals surface area (Å²) in [6, 6.07) is 5.48. The van der Waals surface area contributed by atoms with Gasteiger partial charge in [-0.05, 0) is 31.0 Å². The van der Waals surface area contributed by atoms with E-state index < -0.39 is 11.7 Å². The third kappa shape index (κ3) is 2.36. The first-order chi connectivity index (χ1) is 9.67. The number of benzene rings is 1. The van der Waals surface area contributed by atoms with Crippen LogP contribution in [-0.4, -0.2) is 21.1 Å². The van der Waals surface area contributed by atoms with Crippen LogP contribution in [0.3, 0.4) is 0 Å². The Bertz CT molecular complexity index is 714. The van der Waals surface area contributed by atoms with Crippen molar-refractivity contribution < 1.29 is 9.18 Å². The molecular formula is C13H10FN5O. The van der Waals surface area contributed by atoms with Gasteiger partial charge in [0.2, 0.25) is 5.82 Å². The van der Waals surface area contributed by atoms with Crippen LogP contribution < -0.4 is 5.32 Å². The number of hydrogen-bond acceptors (Lipinski definition) is 4. The number of hydrogen-bond donors (Lipinski definition) is 2. The number of anilines is 1. The lowest BCUT2D eigenvalue weighted by molar-refractivity contribution is 0.101. The predicted molar refractivity (Wildman–Crippen MR) is 67.4 cm³/mol. The van der Waals surface area contributed by atoms with Gasteiger partial charge in [0.1, 0.15) is 17.7 Å². The Hall–Kier alpha value is -2.75. The summed E-state index contributed by atoms with van der Waals surface area (Å²) in [5, 5.41) is 17.8. The average molecular weight is 271 g/mol. The van der Waals surface area contributed by atoms with Crippen LogP contribution in [0.1, 0.15) is 40.8 Å². The molecule has 2 N–H and O–H groups in total. The number of nitrogens with zero attached hydrogens (tertiary/aromatic N) is 3. The van der Waals surface area contributed by atoms with E-state index in [1.54, 1.807) is 6.07 Å². The number of nitriles is 1. The topological polar surface area (TPSA) is 94.5 Å². The average Bonchev–Trinajstić information content (AvgIpc) is 3.18. The largest absolute Gasteiger partial charge is 0.319 e. The summed E-state index contributed by atoms with van der Waals surface area (Å²) < 4.78 is 13.2. The molecule has 0 radical (unpaired) electrons. The molecule has 1 saturated carbocycles. The molecule has 1 aliphatic rings. The molecule has 1 aliphatic carbocycles. The van der Waals surface area contributed by atoms with E-state index in [-0.39, 0.29) is 11.4 Å². The Balaban J connectivity index is 1.76. The Morgan fingerprint density at radius 2 is 2.30 bits per heavy atom. The van der Waals surface area contributed by atoms with E-state index >= 15 is 0 Å². The minimum Gasteiger partial charge on any atom is -0.319 e. The molecular weight excluding hydrogens is 261 g/mol. The highest BCUT2D eigenvalue weighted by atomic mass is 19.1. The third-order valence-corrected chi connectivity index (χ3v) is 3.01. The van der Waals surface area contributed by atoms with E-state index in [0.717, 1.165) is 18.9 Å². The Morgan fingerprint density at radius 1 is 1.50 bits per heavy atom. The van der Waals surface area contributed by atoms with Gasteiger partial charge in [0.05, 0.1) is 5.56 Å². The van der Waals surface area contributed by atoms with Crippen LogP contribution in [0, 0.1) is 17.1 Å². The third-order valence-electron chi connectivity index (χ3n) is 3.01. The number of halogens is 1. The zero-order chi connectivity index (χ0) is 14.1. The van der Waals surface area contributed by atoms with Crippen LogP contribution in [-0.2, 0) is 0 Å². The van der Waals surface area contributed by atoms with Crippen LogP contribution in [0.4, 0.5) is 10.1 Å². The van der Waals surface area contributed by atoms with E-state index in [1.165, 1.54) is 12.1 Å². The van der Waals surface area contributed by atoms with Crippen molar-refractivity contribution in [2.24, 2.45) is 0 Å². The Kier molecular flexibility index (Phi) is 2.91. The highest BCUT2D eigenvalue weighted by molar-refractivity contribution is 6.01. The van der Waals surface area contributed by atoms with Gasteiger partial charge in [-0.25, -0.2) is 9.37 Å². The molecule has 0 spiro atoms. The van der Waals surface area contributed by atoms with Crippen molar-refractivity contribution in [1.29, 1.82) is 5.26 Å². The Labute approximate surface area is 113 Å². The summed E-state index contributed by atoms with van der Waals surface area (Å²) >= 11 is 0. The van der Waals surface area contributed by atoms with Gasteiger partial charge in [0.15, 0.2) is 0 Å². The number of carbonyl (C=O) groups is 1. The number of carbonyl (C=O) groups excluding carboxylic acids is 1. The molecule has 6 nitrogen and oxygen atoms in total. The number of H-pyrrole nitrogens is 1. The molecule has 1 heterocycles. The molecule has 0 unspecified atom stereocenters. The first-order valence-corrected chi connectivity index (χ1v) is 6.10. The fourth-order valence-corrected chi connectivity index (χ4v) is 1.79. The molecule has 0 atom stereocenters. The number of rotatable bonds is 3. The predicted octanol–water partition coefficient (Wildman–Crippen LogP) is 1.95. The summed E-state index contributed by atoms with van der Waals surface area (Å²) in [5.74, 6) is 0.00447. The molecule has 0 bridgehead atoms. The lowest BCUT2D eigenvalue weighted by Gasteiger charge is -2.03. The van der Waals surface area contributed by atoms with Gasteiger partial charge in [-0.1, -0.05) is 0 Å². The van der Waals surface area contributed by atoms with Gasteiger partial charge >= 0.3 is 0 Å². The van der Waals surface area contributed by atoms with Crippen molar-refractivity contribution in [2.75, 3.05) is 5.32 Å². The van der Waals surface area contributed by atoms with E-state index in [1.807, 2.05) is 0 Å². The molecule has 1 aromatic heterocycles. The van der Waals surface area contributed by atoms with Gasteiger partial charge in [-0.2, -0.15) is 5.26 Å². The van der Waals surface area contributed by atoms with Gasteiger partial charge in [0, 0.05) is 11.6 Å². The van der Waals surface area contributed by atoms with E-state index in [2.05, 4.69) is 20.5 Å². The molecule has 1 fully saturated rings. The van der Waals surface area contributed by atoms with Crippen molar-refractivity contribution in [1.82, 2.24) is 15.2 Å². The zero-order valence-corrected chi connectivity index (χ0v) is 10.4. The van der Waals surface area contributed by atoms with Crippen LogP contribution in [0.5, 0.6) is 0 Å². The Morgan fingerprint density at radius 3 is 3.00 bits per heavy atom. The summed E-state index contributed by atoms with van der Waals surface area (Å²) in [6.45, 7) is 0. The molecule has 1 aromatic carbocycles. The molecule has 7 heteroatoms. The fraction of sp³-hybridized carbons (Fsp3) is 0.231. The maximum absolute atomic E-state index is 13.2. The molecule has 0 saturated heterocycles. The van der Waals surface area contributed by atoms with Crippen LogP contribution in [0.2, 0.25) is 0 Å². The van der Waals surface area contributed by atoms with E-state index in [0.29, 0.717) is 17.4 Å². The van der Waals surface area contributed by atoms with Crippen LogP contribution >= 0.6 is 0 Å². The lowest BCUT2D eigenvalue weighted by atomic mass is 10.2. The highest BCUT2D eigenvalue weighted by Crippen LogP contribution is 2.37. The summed E-state index contributed by atoms with van der Waals surface area (Å²) in [4.78, 5) is 16.0. The van der Waals surface area contributed by atoms with E-state index in [9.17, 15) is 9.18 Å². The second-order valence-corrected chi connectivity index (χ2v) is 4.58. The second kappa shape index (κ2) is 4.74. The second-order valence-electron chi connectivity index (χ2n) is 4.58. The maximum atomic E-state index is 13.2. The fourth-order valence-electron chi connectivity index (χ4n) is 1.79. The minimum absolute atomic E-state index is 0.0368. The zero-order valence-electron chi connectivity index (χ0n) is 10.4. The molecule has 1 amide bonds. The summed E-state index contributed by atoms with van der Waals surface area (Å²) in [6.07, 6.45) is 2.11. The lowest BCUT2D eigenvalue weighted by Crippen LogP contribution is -2.14. The normalized spacial score (nSPS) is 13.8. The monoisotopic (exact) mass is 271 g/mol. The summed E-state index contributed by atoms with van der Waals surface area (Å²) in [5.41, 5.74) is 0.196. The van der Waals surface area contributed by atoms with Gasteiger partial charge in [0.25, 0.3) is 5.91 Å². The van der Waals surface area contributed by atoms with Crippen LogP contribution in [0.25, 0.3) is 0 Å². The summed E-state index contributed by atoms with van der Waals surface area (Å²) in [7, 11) is 0. The number of aromatic nitrogens is 3. The smallest absolute Gasteiger partial charge is 0.295 e. The van der Waals surface area contributed by atoms with Gasteiger partial charge in [-0.3, -0.25) is 9.89 Å². The maximum Gasteiger partial charge on any atom is 0.295 e. The highest BCUT2D eigenvalue weighted by Gasteiger charge is 2.28.